The fourth-order valence-corrected chi connectivity index (χ4v) is 4.42. The Bertz CT molecular complexity index is 1020. The molecule has 3 aromatic rings. The summed E-state index contributed by atoms with van der Waals surface area (Å²) in [5.41, 5.74) is 2.74. The second-order valence-corrected chi connectivity index (χ2v) is 8.48. The molecule has 1 amide bonds. The Balaban J connectivity index is 1.67. The van der Waals surface area contributed by atoms with E-state index in [1.807, 2.05) is 45.0 Å². The molecule has 0 spiro atoms. The Morgan fingerprint density at radius 2 is 1.85 bits per heavy atom. The number of nitrogens with zero attached hydrogens (tertiary/aromatic N) is 2. The van der Waals surface area contributed by atoms with E-state index in [0.29, 0.717) is 11.7 Å². The lowest BCUT2D eigenvalue weighted by molar-refractivity contribution is -0.116. The Morgan fingerprint density at radius 1 is 1.15 bits per heavy atom. The molecular weight excluding hydrogens is 382 g/mol. The summed E-state index contributed by atoms with van der Waals surface area (Å²) in [4.78, 5) is 30.7. The molecule has 0 saturated heterocycles. The summed E-state index contributed by atoms with van der Waals surface area (Å²) in [6.07, 6.45) is 0.230. The van der Waals surface area contributed by atoms with Crippen LogP contribution < -0.4 is 14.9 Å². The number of aromatic nitrogens is 2. The molecule has 1 N–H and O–H groups in total. The Kier molecular flexibility index (Phi) is 5.76. The number of methoxy groups -OCH3 is 1. The molecule has 0 aliphatic carbocycles. The maximum atomic E-state index is 12.3. The molecule has 3 rings (SSSR count). The summed E-state index contributed by atoms with van der Waals surface area (Å²) >= 11 is 2.65. The van der Waals surface area contributed by atoms with Gasteiger partial charge in [0.2, 0.25) is 5.91 Å². The van der Waals surface area contributed by atoms with Crippen LogP contribution in [0.1, 0.15) is 21.9 Å². The standard InChI is InChI=1S/C19H21N3O3S2/c1-11-12(2)27-19(24)22(11)10-9-16(23)20-18-21-17(13(3)26-18)14-5-7-15(25-4)8-6-14/h5-8H,9-10H2,1-4H3,(H,20,21,23). The maximum Gasteiger partial charge on any atom is 0.307 e. The van der Waals surface area contributed by atoms with Gasteiger partial charge in [-0.2, -0.15) is 0 Å². The van der Waals surface area contributed by atoms with Crippen molar-refractivity contribution in [3.8, 4) is 17.0 Å². The number of hydrogen-bond acceptors (Lipinski definition) is 6. The molecule has 0 saturated carbocycles. The van der Waals surface area contributed by atoms with Gasteiger partial charge in [0.15, 0.2) is 5.13 Å². The molecule has 142 valence electrons. The Morgan fingerprint density at radius 3 is 2.44 bits per heavy atom. The summed E-state index contributed by atoms with van der Waals surface area (Å²) in [5.74, 6) is 0.634. The number of carbonyl (C=O) groups is 1. The monoisotopic (exact) mass is 403 g/mol. The fraction of sp³-hybridized carbons (Fsp3) is 0.316. The molecule has 8 heteroatoms. The summed E-state index contributed by atoms with van der Waals surface area (Å²) in [7, 11) is 1.63. The highest BCUT2D eigenvalue weighted by Gasteiger charge is 2.14. The minimum absolute atomic E-state index is 0.0234. The summed E-state index contributed by atoms with van der Waals surface area (Å²) in [5, 5.41) is 3.41. The van der Waals surface area contributed by atoms with Crippen molar-refractivity contribution in [3.05, 3.63) is 49.4 Å². The molecular formula is C19H21N3O3S2. The second kappa shape index (κ2) is 8.06. The highest BCUT2D eigenvalue weighted by molar-refractivity contribution is 7.16. The van der Waals surface area contributed by atoms with Gasteiger partial charge in [-0.25, -0.2) is 4.98 Å². The molecule has 27 heavy (non-hydrogen) atoms. The van der Waals surface area contributed by atoms with Crippen molar-refractivity contribution in [2.45, 2.75) is 33.7 Å². The van der Waals surface area contributed by atoms with Crippen molar-refractivity contribution >= 4 is 33.7 Å². The third-order valence-electron chi connectivity index (χ3n) is 4.34. The van der Waals surface area contributed by atoms with Gasteiger partial charge in [0.1, 0.15) is 5.75 Å². The lowest BCUT2D eigenvalue weighted by Gasteiger charge is -2.05. The Labute approximate surface area is 165 Å². The predicted molar refractivity (Wildman–Crippen MR) is 110 cm³/mol. The van der Waals surface area contributed by atoms with Gasteiger partial charge in [0, 0.05) is 34.0 Å². The summed E-state index contributed by atoms with van der Waals surface area (Å²) < 4.78 is 6.82. The van der Waals surface area contributed by atoms with E-state index in [2.05, 4.69) is 10.3 Å². The molecule has 0 radical (unpaired) electrons. The first kappa shape index (κ1) is 19.3. The summed E-state index contributed by atoms with van der Waals surface area (Å²) in [6.45, 7) is 6.16. The minimum atomic E-state index is -0.153. The van der Waals surface area contributed by atoms with Crippen LogP contribution in [0.5, 0.6) is 5.75 Å². The molecule has 0 aliphatic heterocycles. The van der Waals surface area contributed by atoms with Crippen LogP contribution in [0.3, 0.4) is 0 Å². The van der Waals surface area contributed by atoms with Crippen molar-refractivity contribution in [1.82, 2.24) is 9.55 Å². The lowest BCUT2D eigenvalue weighted by Crippen LogP contribution is -2.20. The fourth-order valence-electron chi connectivity index (χ4n) is 2.71. The van der Waals surface area contributed by atoms with E-state index in [4.69, 9.17) is 4.74 Å². The van der Waals surface area contributed by atoms with E-state index in [1.54, 1.807) is 11.7 Å². The number of nitrogens with one attached hydrogen (secondary N) is 1. The topological polar surface area (TPSA) is 73.2 Å². The van der Waals surface area contributed by atoms with Crippen molar-refractivity contribution < 1.29 is 9.53 Å². The third kappa shape index (κ3) is 4.28. The minimum Gasteiger partial charge on any atom is -0.497 e. The molecule has 1 aromatic carbocycles. The van der Waals surface area contributed by atoms with Gasteiger partial charge in [0.25, 0.3) is 0 Å². The van der Waals surface area contributed by atoms with Crippen molar-refractivity contribution in [2.75, 3.05) is 12.4 Å². The number of amides is 1. The van der Waals surface area contributed by atoms with E-state index in [1.165, 1.54) is 22.7 Å². The highest BCUT2D eigenvalue weighted by atomic mass is 32.1. The van der Waals surface area contributed by atoms with Gasteiger partial charge in [-0.1, -0.05) is 11.3 Å². The van der Waals surface area contributed by atoms with E-state index < -0.39 is 0 Å². The van der Waals surface area contributed by atoms with Crippen LogP contribution >= 0.6 is 22.7 Å². The number of benzene rings is 1. The van der Waals surface area contributed by atoms with Gasteiger partial charge in [-0.3, -0.25) is 9.59 Å². The molecule has 6 nitrogen and oxygen atoms in total. The number of aryl methyl sites for hydroxylation is 2. The molecule has 0 atom stereocenters. The van der Waals surface area contributed by atoms with Crippen molar-refractivity contribution in [2.24, 2.45) is 0 Å². The van der Waals surface area contributed by atoms with Crippen LogP contribution in [-0.2, 0) is 11.3 Å². The van der Waals surface area contributed by atoms with E-state index in [0.717, 1.165) is 32.5 Å². The van der Waals surface area contributed by atoms with Crippen LogP contribution in [-0.4, -0.2) is 22.6 Å². The third-order valence-corrected chi connectivity index (χ3v) is 6.23. The van der Waals surface area contributed by atoms with E-state index in [9.17, 15) is 9.59 Å². The number of hydrogen-bond donors (Lipinski definition) is 1. The molecule has 0 unspecified atom stereocenters. The normalized spacial score (nSPS) is 10.8. The SMILES string of the molecule is COc1ccc(-c2nc(NC(=O)CCn3c(C)c(C)sc3=O)sc2C)cc1. The number of rotatable bonds is 6. The van der Waals surface area contributed by atoms with Crippen LogP contribution in [0.2, 0.25) is 0 Å². The number of ether oxygens (including phenoxy) is 1. The number of thiazole rings is 2. The first-order valence-electron chi connectivity index (χ1n) is 8.47. The quantitative estimate of drug-likeness (QED) is 0.675. The van der Waals surface area contributed by atoms with Crippen molar-refractivity contribution in [3.63, 3.8) is 0 Å². The van der Waals surface area contributed by atoms with Gasteiger partial charge in [-0.15, -0.1) is 11.3 Å². The van der Waals surface area contributed by atoms with Gasteiger partial charge in [-0.05, 0) is 45.0 Å². The maximum absolute atomic E-state index is 12.3. The molecule has 0 aliphatic rings. The smallest absolute Gasteiger partial charge is 0.307 e. The first-order valence-corrected chi connectivity index (χ1v) is 10.1. The molecule has 2 aromatic heterocycles. The predicted octanol–water partition coefficient (Wildman–Crippen LogP) is 4.00. The van der Waals surface area contributed by atoms with Crippen LogP contribution in [0.25, 0.3) is 11.3 Å². The largest absolute Gasteiger partial charge is 0.497 e. The summed E-state index contributed by atoms with van der Waals surface area (Å²) in [6, 6.07) is 7.66. The second-order valence-electron chi connectivity index (χ2n) is 6.11. The van der Waals surface area contributed by atoms with Crippen LogP contribution in [0.15, 0.2) is 29.1 Å². The van der Waals surface area contributed by atoms with Crippen LogP contribution in [0, 0.1) is 20.8 Å². The van der Waals surface area contributed by atoms with Crippen LogP contribution in [0.4, 0.5) is 5.13 Å². The zero-order chi connectivity index (χ0) is 19.6. The Hall–Kier alpha value is -2.45. The molecule has 0 bridgehead atoms. The average Bonchev–Trinajstić information content (AvgIpc) is 3.12. The lowest BCUT2D eigenvalue weighted by atomic mass is 10.1. The first-order chi connectivity index (χ1) is 12.9. The van der Waals surface area contributed by atoms with Gasteiger partial charge in [0.05, 0.1) is 12.8 Å². The van der Waals surface area contributed by atoms with Gasteiger partial charge >= 0.3 is 4.87 Å². The van der Waals surface area contributed by atoms with Crippen molar-refractivity contribution in [1.29, 1.82) is 0 Å². The number of carbonyl (C=O) groups excluding carboxylic acids is 1. The zero-order valence-corrected chi connectivity index (χ0v) is 17.3. The zero-order valence-electron chi connectivity index (χ0n) is 15.7. The number of anilines is 1. The van der Waals surface area contributed by atoms with Gasteiger partial charge < -0.3 is 14.6 Å². The van der Waals surface area contributed by atoms with E-state index >= 15 is 0 Å². The molecule has 0 fully saturated rings. The molecule has 2 heterocycles. The average molecular weight is 404 g/mol. The van der Waals surface area contributed by atoms with E-state index in [-0.39, 0.29) is 17.2 Å². The highest BCUT2D eigenvalue weighted by Crippen LogP contribution is 2.31.